The molecule has 6 nitrogen and oxygen atoms in total. The van der Waals surface area contributed by atoms with Gasteiger partial charge in [-0.1, -0.05) is 12.1 Å². The van der Waals surface area contributed by atoms with Gasteiger partial charge < -0.3 is 14.6 Å². The molecule has 152 valence electrons. The summed E-state index contributed by atoms with van der Waals surface area (Å²) in [5.41, 5.74) is 1.61. The smallest absolute Gasteiger partial charge is 0.255 e. The monoisotopic (exact) mass is 425 g/mol. The Balaban J connectivity index is 0.00000140. The third-order valence-corrected chi connectivity index (χ3v) is 5.67. The van der Waals surface area contributed by atoms with E-state index in [1.54, 1.807) is 13.2 Å². The van der Waals surface area contributed by atoms with Crippen LogP contribution >= 0.6 is 24.8 Å². The molecule has 4 rings (SSSR count). The molecule has 1 amide bonds. The molecule has 1 aromatic carbocycles. The van der Waals surface area contributed by atoms with Crippen molar-refractivity contribution in [1.29, 1.82) is 0 Å². The number of rotatable bonds is 3. The molecular weight excluding hydrogens is 401 g/mol. The minimum absolute atomic E-state index is 0. The minimum atomic E-state index is -0.193. The van der Waals surface area contributed by atoms with Crippen LogP contribution in [-0.4, -0.2) is 54.5 Å². The number of H-pyrrole nitrogens is 1. The third kappa shape index (κ3) is 4.04. The zero-order valence-corrected chi connectivity index (χ0v) is 17.5. The Labute approximate surface area is 176 Å². The summed E-state index contributed by atoms with van der Waals surface area (Å²) in [7, 11) is 3.82. The van der Waals surface area contributed by atoms with E-state index in [0.717, 1.165) is 25.4 Å². The first-order chi connectivity index (χ1) is 12.6. The minimum Gasteiger partial charge on any atom is -0.497 e. The zero-order valence-electron chi connectivity index (χ0n) is 15.8. The Morgan fingerprint density at radius 2 is 1.79 bits per heavy atom. The molecule has 0 aliphatic carbocycles. The highest BCUT2D eigenvalue weighted by Crippen LogP contribution is 2.44. The lowest BCUT2D eigenvalue weighted by molar-refractivity contribution is 0.0767. The van der Waals surface area contributed by atoms with Crippen LogP contribution in [0.4, 0.5) is 0 Å². The number of hydrogen-bond acceptors (Lipinski definition) is 4. The van der Waals surface area contributed by atoms with E-state index in [-0.39, 0.29) is 36.3 Å². The average Bonchev–Trinajstić information content (AvgIpc) is 3.18. The number of aromatic nitrogens is 1. The summed E-state index contributed by atoms with van der Waals surface area (Å²) in [5.74, 6) is 1.73. The number of nitrogens with zero attached hydrogens (tertiary/aromatic N) is 2. The number of methoxy groups -OCH3 is 1. The number of carbonyl (C=O) groups excluding carboxylic acids is 1. The molecule has 28 heavy (non-hydrogen) atoms. The maximum absolute atomic E-state index is 12.8. The summed E-state index contributed by atoms with van der Waals surface area (Å²) >= 11 is 0. The van der Waals surface area contributed by atoms with Gasteiger partial charge in [-0.15, -0.1) is 24.8 Å². The van der Waals surface area contributed by atoms with Crippen molar-refractivity contribution in [3.05, 3.63) is 64.1 Å². The normalized spacial score (nSPS) is 23.5. The van der Waals surface area contributed by atoms with Gasteiger partial charge in [-0.05, 0) is 36.7 Å². The van der Waals surface area contributed by atoms with E-state index in [0.29, 0.717) is 23.4 Å². The molecule has 2 aromatic rings. The summed E-state index contributed by atoms with van der Waals surface area (Å²) in [6.45, 7) is 2.49. The Morgan fingerprint density at radius 3 is 2.39 bits per heavy atom. The number of halogens is 2. The average molecular weight is 426 g/mol. The van der Waals surface area contributed by atoms with Crippen LogP contribution in [0.15, 0.2) is 47.4 Å². The van der Waals surface area contributed by atoms with Crippen molar-refractivity contribution in [1.82, 2.24) is 14.8 Å². The van der Waals surface area contributed by atoms with Crippen LogP contribution in [0.1, 0.15) is 22.0 Å². The fourth-order valence-corrected chi connectivity index (χ4v) is 4.45. The van der Waals surface area contributed by atoms with E-state index in [9.17, 15) is 9.59 Å². The second kappa shape index (κ2) is 8.99. The van der Waals surface area contributed by atoms with Crippen molar-refractivity contribution < 1.29 is 9.53 Å². The van der Waals surface area contributed by atoms with Crippen molar-refractivity contribution in [2.45, 2.75) is 6.04 Å². The van der Waals surface area contributed by atoms with Gasteiger partial charge in [0, 0.05) is 43.9 Å². The first-order valence-corrected chi connectivity index (χ1v) is 8.89. The van der Waals surface area contributed by atoms with E-state index in [1.807, 2.05) is 17.0 Å². The summed E-state index contributed by atoms with van der Waals surface area (Å²) in [6.07, 6.45) is 1.51. The molecule has 8 heteroatoms. The first-order valence-electron chi connectivity index (χ1n) is 8.89. The van der Waals surface area contributed by atoms with Gasteiger partial charge >= 0.3 is 0 Å². The number of amides is 1. The molecule has 2 aliphatic rings. The van der Waals surface area contributed by atoms with E-state index in [4.69, 9.17) is 4.74 Å². The van der Waals surface area contributed by atoms with Gasteiger partial charge in [0.15, 0.2) is 0 Å². The van der Waals surface area contributed by atoms with Gasteiger partial charge in [0.25, 0.3) is 5.91 Å². The molecule has 0 unspecified atom stereocenters. The molecule has 3 atom stereocenters. The van der Waals surface area contributed by atoms with E-state index >= 15 is 0 Å². The van der Waals surface area contributed by atoms with Crippen molar-refractivity contribution in [3.63, 3.8) is 0 Å². The number of nitrogens with one attached hydrogen (secondary N) is 1. The molecule has 1 aromatic heterocycles. The molecule has 2 aliphatic heterocycles. The molecule has 0 bridgehead atoms. The molecule has 3 heterocycles. The molecule has 0 spiro atoms. The largest absolute Gasteiger partial charge is 0.497 e. The van der Waals surface area contributed by atoms with Crippen LogP contribution in [0.5, 0.6) is 5.75 Å². The summed E-state index contributed by atoms with van der Waals surface area (Å²) in [5, 5.41) is 0. The topological polar surface area (TPSA) is 65.6 Å². The molecule has 0 radical (unpaired) electrons. The predicted molar refractivity (Wildman–Crippen MR) is 113 cm³/mol. The maximum atomic E-state index is 12.8. The van der Waals surface area contributed by atoms with E-state index < -0.39 is 0 Å². The predicted octanol–water partition coefficient (Wildman–Crippen LogP) is 2.60. The number of aromatic amines is 1. The van der Waals surface area contributed by atoms with Crippen LogP contribution in [-0.2, 0) is 0 Å². The number of carbonyl (C=O) groups is 1. The second-order valence-electron chi connectivity index (χ2n) is 7.23. The number of hydrogen-bond donors (Lipinski definition) is 1. The van der Waals surface area contributed by atoms with Gasteiger partial charge in [-0.25, -0.2) is 0 Å². The van der Waals surface area contributed by atoms with Crippen LogP contribution in [0.25, 0.3) is 0 Å². The number of pyridine rings is 1. The molecule has 0 saturated carbocycles. The second-order valence-corrected chi connectivity index (χ2v) is 7.23. The standard InChI is InChI=1S/C20H23N3O3.2ClH/c1-22-10-15-11-23(20(25)14-5-8-18(24)21-9-14)12-17(15)19(22)13-3-6-16(26-2)7-4-13;;/h3-9,15,17,19H,10-12H2,1-2H3,(H,21,24);2*1H/t15-,17+,19+;;/m0../s1. The highest BCUT2D eigenvalue weighted by molar-refractivity contribution is 5.94. The lowest BCUT2D eigenvalue weighted by Gasteiger charge is -2.27. The van der Waals surface area contributed by atoms with Crippen molar-refractivity contribution in [2.24, 2.45) is 11.8 Å². The highest BCUT2D eigenvalue weighted by atomic mass is 35.5. The SMILES string of the molecule is COc1ccc([C@@H]2[C@@H]3CN(C(=O)c4ccc(=O)[nH]c4)C[C@@H]3CN2C)cc1.Cl.Cl. The van der Waals surface area contributed by atoms with E-state index in [1.165, 1.54) is 17.8 Å². The zero-order chi connectivity index (χ0) is 18.3. The Bertz CT molecular complexity index is 851. The fourth-order valence-electron chi connectivity index (χ4n) is 4.45. The maximum Gasteiger partial charge on any atom is 0.255 e. The molecule has 1 N–H and O–H groups in total. The number of fused-ring (bicyclic) bond motifs is 1. The first kappa shape index (κ1) is 22.3. The van der Waals surface area contributed by atoms with Crippen molar-refractivity contribution in [3.8, 4) is 5.75 Å². The van der Waals surface area contributed by atoms with E-state index in [2.05, 4.69) is 29.1 Å². The van der Waals surface area contributed by atoms with Gasteiger partial charge in [0.05, 0.1) is 12.7 Å². The lowest BCUT2D eigenvalue weighted by Crippen LogP contribution is -2.33. The van der Waals surface area contributed by atoms with Crippen LogP contribution in [0.2, 0.25) is 0 Å². The van der Waals surface area contributed by atoms with Crippen molar-refractivity contribution >= 4 is 30.7 Å². The Hall–Kier alpha value is -2.02. The number of likely N-dealkylation sites (tertiary alicyclic amines) is 2. The van der Waals surface area contributed by atoms with Gasteiger partial charge in [-0.3, -0.25) is 14.5 Å². The third-order valence-electron chi connectivity index (χ3n) is 5.67. The van der Waals surface area contributed by atoms with Crippen molar-refractivity contribution in [2.75, 3.05) is 33.8 Å². The lowest BCUT2D eigenvalue weighted by atomic mass is 9.89. The summed E-state index contributed by atoms with van der Waals surface area (Å²) in [4.78, 5) is 30.9. The molecule has 2 fully saturated rings. The highest BCUT2D eigenvalue weighted by Gasteiger charge is 2.47. The summed E-state index contributed by atoms with van der Waals surface area (Å²) in [6, 6.07) is 11.5. The number of benzene rings is 1. The molecular formula is C20H25Cl2N3O3. The fraction of sp³-hybridized carbons (Fsp3) is 0.400. The van der Waals surface area contributed by atoms with Gasteiger partial charge in [0.1, 0.15) is 5.75 Å². The summed E-state index contributed by atoms with van der Waals surface area (Å²) < 4.78 is 5.26. The Kier molecular flexibility index (Phi) is 7.15. The number of ether oxygens (including phenoxy) is 1. The van der Waals surface area contributed by atoms with Crippen LogP contribution < -0.4 is 10.3 Å². The van der Waals surface area contributed by atoms with Gasteiger partial charge in [-0.2, -0.15) is 0 Å². The van der Waals surface area contributed by atoms with Crippen LogP contribution in [0, 0.1) is 11.8 Å². The Morgan fingerprint density at radius 1 is 1.07 bits per heavy atom. The molecule has 2 saturated heterocycles. The van der Waals surface area contributed by atoms with Crippen LogP contribution in [0.3, 0.4) is 0 Å². The quantitative estimate of drug-likeness (QED) is 0.820. The van der Waals surface area contributed by atoms with Gasteiger partial charge in [0.2, 0.25) is 5.56 Å².